The van der Waals surface area contributed by atoms with E-state index in [2.05, 4.69) is 15.5 Å². The van der Waals surface area contributed by atoms with E-state index in [9.17, 15) is 17.6 Å². The first-order chi connectivity index (χ1) is 14.4. The first-order valence-corrected chi connectivity index (χ1v) is 11.7. The van der Waals surface area contributed by atoms with Gasteiger partial charge < -0.3 is 0 Å². The van der Waals surface area contributed by atoms with Crippen LogP contribution < -0.4 is 5.32 Å². The summed E-state index contributed by atoms with van der Waals surface area (Å²) in [6, 6.07) is 11.7. The quantitative estimate of drug-likeness (QED) is 0.644. The van der Waals surface area contributed by atoms with Gasteiger partial charge in [-0.25, -0.2) is 12.8 Å². The third-order valence-corrected chi connectivity index (χ3v) is 7.61. The van der Waals surface area contributed by atoms with E-state index in [4.69, 9.17) is 0 Å². The molecule has 0 atom stereocenters. The fourth-order valence-corrected chi connectivity index (χ4v) is 5.45. The molecule has 0 aliphatic carbocycles. The van der Waals surface area contributed by atoms with Gasteiger partial charge in [0.05, 0.1) is 4.90 Å². The van der Waals surface area contributed by atoms with Gasteiger partial charge in [0.2, 0.25) is 15.2 Å². The van der Waals surface area contributed by atoms with Gasteiger partial charge in [-0.1, -0.05) is 17.8 Å². The summed E-state index contributed by atoms with van der Waals surface area (Å²) in [6.07, 6.45) is 2.77. The largest absolute Gasteiger partial charge is 0.296 e. The van der Waals surface area contributed by atoms with Gasteiger partial charge in [0.1, 0.15) is 10.8 Å². The highest BCUT2D eigenvalue weighted by atomic mass is 32.2. The fraction of sp³-hybridized carbons (Fsp3) is 0.250. The van der Waals surface area contributed by atoms with Gasteiger partial charge in [0, 0.05) is 24.2 Å². The first-order valence-electron chi connectivity index (χ1n) is 9.44. The Hall–Kier alpha value is -2.69. The second-order valence-electron chi connectivity index (χ2n) is 6.86. The van der Waals surface area contributed by atoms with Crippen LogP contribution in [-0.2, 0) is 10.0 Å². The lowest BCUT2D eigenvalue weighted by Crippen LogP contribution is -2.35. The van der Waals surface area contributed by atoms with E-state index < -0.39 is 15.9 Å². The van der Waals surface area contributed by atoms with E-state index in [1.165, 1.54) is 40.7 Å². The number of nitrogens with one attached hydrogen (secondary N) is 1. The number of hydrogen-bond acceptors (Lipinski definition) is 6. The van der Waals surface area contributed by atoms with Crippen LogP contribution in [0.1, 0.15) is 29.6 Å². The van der Waals surface area contributed by atoms with E-state index in [1.54, 1.807) is 12.1 Å². The predicted molar refractivity (Wildman–Crippen MR) is 112 cm³/mol. The minimum atomic E-state index is -3.54. The molecule has 1 aliphatic rings. The molecule has 4 rings (SSSR count). The molecule has 1 saturated heterocycles. The summed E-state index contributed by atoms with van der Waals surface area (Å²) in [6.45, 7) is 1.05. The number of amides is 1. The lowest BCUT2D eigenvalue weighted by molar-refractivity contribution is 0.102. The number of halogens is 1. The number of anilines is 1. The topological polar surface area (TPSA) is 92.3 Å². The van der Waals surface area contributed by atoms with Crippen molar-refractivity contribution in [2.24, 2.45) is 0 Å². The predicted octanol–water partition coefficient (Wildman–Crippen LogP) is 3.77. The SMILES string of the molecule is O=C(Nc1nnc(-c2ccc(F)cc2)s1)c1ccc(S(=O)(=O)N2CCCCC2)cc1. The third-order valence-electron chi connectivity index (χ3n) is 4.81. The summed E-state index contributed by atoms with van der Waals surface area (Å²) in [5, 5.41) is 11.4. The van der Waals surface area contributed by atoms with Crippen molar-refractivity contribution in [1.29, 1.82) is 0 Å². The monoisotopic (exact) mass is 446 g/mol. The van der Waals surface area contributed by atoms with E-state index in [0.29, 0.717) is 34.4 Å². The molecular weight excluding hydrogens is 427 g/mol. The van der Waals surface area contributed by atoms with Crippen molar-refractivity contribution >= 4 is 32.4 Å². The molecule has 0 saturated carbocycles. The summed E-state index contributed by atoms with van der Waals surface area (Å²) < 4.78 is 39.9. The number of piperidine rings is 1. The highest BCUT2D eigenvalue weighted by Gasteiger charge is 2.26. The van der Waals surface area contributed by atoms with Crippen molar-refractivity contribution in [3.05, 3.63) is 59.9 Å². The van der Waals surface area contributed by atoms with Crippen molar-refractivity contribution < 1.29 is 17.6 Å². The summed E-state index contributed by atoms with van der Waals surface area (Å²) in [4.78, 5) is 12.7. The van der Waals surface area contributed by atoms with Gasteiger partial charge in [-0.3, -0.25) is 10.1 Å². The Bertz CT molecular complexity index is 1140. The van der Waals surface area contributed by atoms with Crippen LogP contribution in [0.2, 0.25) is 0 Å². The molecule has 10 heteroatoms. The van der Waals surface area contributed by atoms with E-state index in [-0.39, 0.29) is 10.7 Å². The van der Waals surface area contributed by atoms with Gasteiger partial charge in [0.15, 0.2) is 0 Å². The molecule has 0 unspecified atom stereocenters. The Labute approximate surface area is 177 Å². The van der Waals surface area contributed by atoms with Gasteiger partial charge in [-0.2, -0.15) is 4.31 Å². The molecule has 156 valence electrons. The van der Waals surface area contributed by atoms with Gasteiger partial charge in [-0.15, -0.1) is 10.2 Å². The second-order valence-corrected chi connectivity index (χ2v) is 9.78. The van der Waals surface area contributed by atoms with Crippen molar-refractivity contribution in [1.82, 2.24) is 14.5 Å². The van der Waals surface area contributed by atoms with Crippen LogP contribution in [0.3, 0.4) is 0 Å². The molecule has 1 fully saturated rings. The van der Waals surface area contributed by atoms with Crippen molar-refractivity contribution in [3.8, 4) is 10.6 Å². The highest BCUT2D eigenvalue weighted by Crippen LogP contribution is 2.27. The van der Waals surface area contributed by atoms with Gasteiger partial charge >= 0.3 is 0 Å². The molecule has 0 spiro atoms. The Morgan fingerprint density at radius 3 is 2.30 bits per heavy atom. The summed E-state index contributed by atoms with van der Waals surface area (Å²) >= 11 is 1.16. The number of rotatable bonds is 5. The Morgan fingerprint density at radius 1 is 0.967 bits per heavy atom. The molecule has 1 N–H and O–H groups in total. The van der Waals surface area contributed by atoms with Crippen LogP contribution in [0, 0.1) is 5.82 Å². The number of carbonyl (C=O) groups is 1. The molecule has 0 radical (unpaired) electrons. The zero-order valence-corrected chi connectivity index (χ0v) is 17.5. The van der Waals surface area contributed by atoms with Crippen LogP contribution >= 0.6 is 11.3 Å². The zero-order valence-electron chi connectivity index (χ0n) is 15.9. The smallest absolute Gasteiger partial charge is 0.257 e. The number of aromatic nitrogens is 2. The summed E-state index contributed by atoms with van der Waals surface area (Å²) in [5.74, 6) is -0.763. The third kappa shape index (κ3) is 4.40. The van der Waals surface area contributed by atoms with Gasteiger partial charge in [-0.05, 0) is 61.4 Å². The van der Waals surface area contributed by atoms with Crippen molar-refractivity contribution in [3.63, 3.8) is 0 Å². The minimum absolute atomic E-state index is 0.176. The Kier molecular flexibility index (Phi) is 5.89. The molecule has 7 nitrogen and oxygen atoms in total. The molecule has 3 aromatic rings. The number of nitrogens with zero attached hydrogens (tertiary/aromatic N) is 3. The molecule has 2 heterocycles. The first kappa shape index (κ1) is 20.6. The average molecular weight is 447 g/mol. The summed E-state index contributed by atoms with van der Waals surface area (Å²) in [7, 11) is -3.54. The van der Waals surface area contributed by atoms with Crippen LogP contribution in [0.4, 0.5) is 9.52 Å². The standard InChI is InChI=1S/C20H19FN4O3S2/c21-16-8-4-15(5-9-16)19-23-24-20(29-19)22-18(26)14-6-10-17(11-7-14)30(27,28)25-12-2-1-3-13-25/h4-11H,1-3,12-13H2,(H,22,24,26). The van der Waals surface area contributed by atoms with Crippen LogP contribution in [0.5, 0.6) is 0 Å². The maximum absolute atomic E-state index is 13.0. The number of hydrogen-bond donors (Lipinski definition) is 1. The molecular formula is C20H19FN4O3S2. The summed E-state index contributed by atoms with van der Waals surface area (Å²) in [5.41, 5.74) is 1.01. The lowest BCUT2D eigenvalue weighted by Gasteiger charge is -2.25. The maximum Gasteiger partial charge on any atom is 0.257 e. The van der Waals surface area contributed by atoms with Crippen LogP contribution in [0.25, 0.3) is 10.6 Å². The van der Waals surface area contributed by atoms with Crippen molar-refractivity contribution in [2.45, 2.75) is 24.2 Å². The minimum Gasteiger partial charge on any atom is -0.296 e. The van der Waals surface area contributed by atoms with E-state index >= 15 is 0 Å². The normalized spacial score (nSPS) is 15.1. The number of sulfonamides is 1. The van der Waals surface area contributed by atoms with Crippen LogP contribution in [-0.4, -0.2) is 41.9 Å². The number of benzene rings is 2. The molecule has 0 bridgehead atoms. The molecule has 1 aromatic heterocycles. The average Bonchev–Trinajstić information content (AvgIpc) is 3.23. The fourth-order valence-electron chi connectivity index (χ4n) is 3.18. The Morgan fingerprint density at radius 2 is 1.63 bits per heavy atom. The van der Waals surface area contributed by atoms with Crippen LogP contribution in [0.15, 0.2) is 53.4 Å². The number of carbonyl (C=O) groups excluding carboxylic acids is 1. The maximum atomic E-state index is 13.0. The van der Waals surface area contributed by atoms with E-state index in [1.807, 2.05) is 0 Å². The Balaban J connectivity index is 1.45. The van der Waals surface area contributed by atoms with Gasteiger partial charge in [0.25, 0.3) is 5.91 Å². The second kappa shape index (κ2) is 8.58. The highest BCUT2D eigenvalue weighted by molar-refractivity contribution is 7.89. The molecule has 1 aliphatic heterocycles. The molecule has 1 amide bonds. The molecule has 2 aromatic carbocycles. The van der Waals surface area contributed by atoms with E-state index in [0.717, 1.165) is 30.6 Å². The molecule has 30 heavy (non-hydrogen) atoms. The lowest BCUT2D eigenvalue weighted by atomic mass is 10.2. The zero-order chi connectivity index (χ0) is 21.1. The van der Waals surface area contributed by atoms with Crippen molar-refractivity contribution in [2.75, 3.05) is 18.4 Å².